The summed E-state index contributed by atoms with van der Waals surface area (Å²) < 4.78 is 12.9. The summed E-state index contributed by atoms with van der Waals surface area (Å²) >= 11 is 0. The SMILES string of the molecule is CCCCn1c(=O)c(OC)c(OC/C=C(\C)CCC=C(C)C)c2ccc([N+](=O)[O-])cc21. The lowest BCUT2D eigenvalue weighted by Crippen LogP contribution is -2.23. The van der Waals surface area contributed by atoms with Gasteiger partial charge in [0.1, 0.15) is 6.61 Å². The van der Waals surface area contributed by atoms with Gasteiger partial charge in [0.15, 0.2) is 5.75 Å². The topological polar surface area (TPSA) is 83.6 Å². The van der Waals surface area contributed by atoms with E-state index >= 15 is 0 Å². The average Bonchev–Trinajstić information content (AvgIpc) is 2.72. The van der Waals surface area contributed by atoms with Gasteiger partial charge in [-0.05, 0) is 52.2 Å². The fourth-order valence-electron chi connectivity index (χ4n) is 3.32. The van der Waals surface area contributed by atoms with Crippen molar-refractivity contribution >= 4 is 16.6 Å². The molecule has 0 saturated carbocycles. The number of non-ortho nitro benzene ring substituents is 1. The lowest BCUT2D eigenvalue weighted by molar-refractivity contribution is -0.384. The molecule has 0 unspecified atom stereocenters. The number of nitro benzene ring substituents is 1. The van der Waals surface area contributed by atoms with Crippen LogP contribution in [0.25, 0.3) is 10.9 Å². The van der Waals surface area contributed by atoms with Gasteiger partial charge in [0.2, 0.25) is 5.75 Å². The lowest BCUT2D eigenvalue weighted by Gasteiger charge is -2.17. The van der Waals surface area contributed by atoms with E-state index in [0.717, 1.165) is 25.7 Å². The second-order valence-corrected chi connectivity index (χ2v) is 7.81. The minimum atomic E-state index is -0.461. The van der Waals surface area contributed by atoms with Crippen LogP contribution < -0.4 is 15.0 Å². The van der Waals surface area contributed by atoms with Crippen molar-refractivity contribution in [2.75, 3.05) is 13.7 Å². The molecule has 0 bridgehead atoms. The first-order valence-corrected chi connectivity index (χ1v) is 10.6. The summed E-state index contributed by atoms with van der Waals surface area (Å²) in [4.78, 5) is 23.9. The maximum Gasteiger partial charge on any atom is 0.297 e. The summed E-state index contributed by atoms with van der Waals surface area (Å²) in [5.74, 6) is 0.437. The number of rotatable bonds is 11. The molecule has 168 valence electrons. The Hall–Kier alpha value is -3.09. The van der Waals surface area contributed by atoms with Crippen molar-refractivity contribution in [3.05, 3.63) is 62.0 Å². The van der Waals surface area contributed by atoms with Crippen molar-refractivity contribution < 1.29 is 14.4 Å². The Labute approximate surface area is 183 Å². The number of benzene rings is 1. The summed E-state index contributed by atoms with van der Waals surface area (Å²) in [5.41, 5.74) is 2.55. The highest BCUT2D eigenvalue weighted by molar-refractivity contribution is 5.89. The number of nitro groups is 1. The molecule has 1 heterocycles. The maximum absolute atomic E-state index is 13.1. The Kier molecular flexibility index (Phi) is 8.85. The Balaban J connectivity index is 2.46. The molecular formula is C24H32N2O5. The molecule has 0 amide bonds. The van der Waals surface area contributed by atoms with Crippen LogP contribution in [0.5, 0.6) is 11.5 Å². The number of methoxy groups -OCH3 is 1. The number of nitrogens with zero attached hydrogens (tertiary/aromatic N) is 2. The van der Waals surface area contributed by atoms with Crippen LogP contribution in [-0.2, 0) is 6.54 Å². The normalized spacial score (nSPS) is 11.5. The number of aromatic nitrogens is 1. The van der Waals surface area contributed by atoms with Crippen LogP contribution >= 0.6 is 0 Å². The summed E-state index contributed by atoms with van der Waals surface area (Å²) in [6.07, 6.45) is 7.73. The first-order chi connectivity index (χ1) is 14.8. The minimum Gasteiger partial charge on any atom is -0.488 e. The molecule has 7 nitrogen and oxygen atoms in total. The zero-order valence-electron chi connectivity index (χ0n) is 19.1. The monoisotopic (exact) mass is 428 g/mol. The molecule has 0 spiro atoms. The standard InChI is InChI=1S/C24H32N2O5/c1-6-7-14-25-21-16-19(26(28)29)11-12-20(21)22(23(30-5)24(25)27)31-15-13-18(4)10-8-9-17(2)3/h9,11-13,16H,6-8,10,14-15H2,1-5H3/b18-13+. The fourth-order valence-corrected chi connectivity index (χ4v) is 3.32. The van der Waals surface area contributed by atoms with Gasteiger partial charge in [-0.2, -0.15) is 0 Å². The molecule has 0 saturated heterocycles. The van der Waals surface area contributed by atoms with Crippen LogP contribution in [0.15, 0.2) is 46.3 Å². The first-order valence-electron chi connectivity index (χ1n) is 10.6. The molecule has 1 aromatic carbocycles. The molecule has 31 heavy (non-hydrogen) atoms. The van der Waals surface area contributed by atoms with Gasteiger partial charge in [-0.3, -0.25) is 14.9 Å². The van der Waals surface area contributed by atoms with Gasteiger partial charge in [0.05, 0.1) is 17.5 Å². The molecule has 0 aliphatic heterocycles. The number of allylic oxidation sites excluding steroid dienone is 3. The highest BCUT2D eigenvalue weighted by atomic mass is 16.6. The Morgan fingerprint density at radius 1 is 1.19 bits per heavy atom. The number of hydrogen-bond acceptors (Lipinski definition) is 5. The van der Waals surface area contributed by atoms with Crippen LogP contribution in [-0.4, -0.2) is 23.2 Å². The van der Waals surface area contributed by atoms with Gasteiger partial charge in [-0.15, -0.1) is 0 Å². The largest absolute Gasteiger partial charge is 0.488 e. The summed E-state index contributed by atoms with van der Waals surface area (Å²) in [5, 5.41) is 11.9. The van der Waals surface area contributed by atoms with E-state index in [-0.39, 0.29) is 23.6 Å². The second kappa shape index (κ2) is 11.3. The third-order valence-electron chi connectivity index (χ3n) is 5.06. The highest BCUT2D eigenvalue weighted by Crippen LogP contribution is 2.34. The number of aryl methyl sites for hydroxylation is 1. The minimum absolute atomic E-state index is 0.0664. The average molecular weight is 429 g/mol. The van der Waals surface area contributed by atoms with Gasteiger partial charge < -0.3 is 14.0 Å². The molecule has 7 heteroatoms. The molecule has 2 rings (SSSR count). The van der Waals surface area contributed by atoms with Gasteiger partial charge >= 0.3 is 0 Å². The number of unbranched alkanes of at least 4 members (excludes halogenated alkanes) is 1. The van der Waals surface area contributed by atoms with Gasteiger partial charge in [0, 0.05) is 24.1 Å². The molecule has 0 radical (unpaired) electrons. The van der Waals surface area contributed by atoms with Crippen molar-refractivity contribution in [2.24, 2.45) is 0 Å². The van der Waals surface area contributed by atoms with Crippen molar-refractivity contribution in [1.82, 2.24) is 4.57 Å². The predicted octanol–water partition coefficient (Wildman–Crippen LogP) is 5.79. The van der Waals surface area contributed by atoms with E-state index < -0.39 is 4.92 Å². The Bertz CT molecular complexity index is 1050. The quantitative estimate of drug-likeness (QED) is 0.257. The van der Waals surface area contributed by atoms with Crippen molar-refractivity contribution in [3.8, 4) is 11.5 Å². The van der Waals surface area contributed by atoms with E-state index in [4.69, 9.17) is 9.47 Å². The number of fused-ring (bicyclic) bond motifs is 1. The van der Waals surface area contributed by atoms with Gasteiger partial charge in [-0.1, -0.05) is 30.6 Å². The first kappa shape index (κ1) is 24.2. The molecule has 0 aliphatic carbocycles. The van der Waals surface area contributed by atoms with Crippen LogP contribution in [0.2, 0.25) is 0 Å². The Morgan fingerprint density at radius 2 is 1.94 bits per heavy atom. The van der Waals surface area contributed by atoms with E-state index in [1.54, 1.807) is 6.07 Å². The smallest absolute Gasteiger partial charge is 0.297 e. The van der Waals surface area contributed by atoms with E-state index in [0.29, 0.717) is 23.2 Å². The van der Waals surface area contributed by atoms with E-state index in [9.17, 15) is 14.9 Å². The number of pyridine rings is 1. The zero-order valence-corrected chi connectivity index (χ0v) is 19.1. The predicted molar refractivity (Wildman–Crippen MR) is 124 cm³/mol. The molecule has 0 N–H and O–H groups in total. The van der Waals surface area contributed by atoms with E-state index in [2.05, 4.69) is 19.9 Å². The summed E-state index contributed by atoms with van der Waals surface area (Å²) in [6, 6.07) is 4.47. The molecule has 0 atom stereocenters. The van der Waals surface area contributed by atoms with Crippen LogP contribution in [0.1, 0.15) is 53.4 Å². The molecule has 2 aromatic rings. The molecular weight excluding hydrogens is 396 g/mol. The Morgan fingerprint density at radius 3 is 2.55 bits per heavy atom. The van der Waals surface area contributed by atoms with Crippen LogP contribution in [0.3, 0.4) is 0 Å². The van der Waals surface area contributed by atoms with E-state index in [1.807, 2.05) is 19.9 Å². The van der Waals surface area contributed by atoms with Crippen molar-refractivity contribution in [2.45, 2.75) is 59.9 Å². The van der Waals surface area contributed by atoms with Gasteiger partial charge in [0.25, 0.3) is 11.2 Å². The van der Waals surface area contributed by atoms with Crippen molar-refractivity contribution in [3.63, 3.8) is 0 Å². The maximum atomic E-state index is 13.1. The molecule has 1 aromatic heterocycles. The third-order valence-corrected chi connectivity index (χ3v) is 5.06. The number of ether oxygens (including phenoxy) is 2. The van der Waals surface area contributed by atoms with Crippen LogP contribution in [0, 0.1) is 10.1 Å². The van der Waals surface area contributed by atoms with Crippen molar-refractivity contribution in [1.29, 1.82) is 0 Å². The molecule has 0 aliphatic rings. The molecule has 0 fully saturated rings. The third kappa shape index (κ3) is 6.20. The lowest BCUT2D eigenvalue weighted by atomic mass is 10.1. The van der Waals surface area contributed by atoms with Crippen LogP contribution in [0.4, 0.5) is 5.69 Å². The van der Waals surface area contributed by atoms with E-state index in [1.165, 1.54) is 35.0 Å². The second-order valence-electron chi connectivity index (χ2n) is 7.81. The van der Waals surface area contributed by atoms with Gasteiger partial charge in [-0.25, -0.2) is 0 Å². The summed E-state index contributed by atoms with van der Waals surface area (Å²) in [7, 11) is 1.44. The highest BCUT2D eigenvalue weighted by Gasteiger charge is 2.21. The summed E-state index contributed by atoms with van der Waals surface area (Å²) in [6.45, 7) is 8.95. The number of hydrogen-bond donors (Lipinski definition) is 0. The zero-order chi connectivity index (χ0) is 23.0. The fraction of sp³-hybridized carbons (Fsp3) is 0.458.